The maximum absolute atomic E-state index is 12.5. The van der Waals surface area contributed by atoms with Crippen molar-refractivity contribution in [2.45, 2.75) is 33.8 Å². The molecule has 1 atom stereocenters. The molecule has 0 radical (unpaired) electrons. The van der Waals surface area contributed by atoms with Crippen molar-refractivity contribution in [3.8, 4) is 0 Å². The maximum Gasteiger partial charge on any atom is 0.355 e. The Bertz CT molecular complexity index is 792. The number of benzene rings is 1. The predicted molar refractivity (Wildman–Crippen MR) is 91.9 cm³/mol. The highest BCUT2D eigenvalue weighted by Crippen LogP contribution is 2.21. The van der Waals surface area contributed by atoms with Crippen LogP contribution in [-0.4, -0.2) is 35.4 Å². The quantitative estimate of drug-likeness (QED) is 0.643. The summed E-state index contributed by atoms with van der Waals surface area (Å²) in [7, 11) is 0. The molecular weight excluding hydrogens is 322 g/mol. The van der Waals surface area contributed by atoms with Gasteiger partial charge >= 0.3 is 11.9 Å². The minimum Gasteiger partial charge on any atom is -0.461 e. The summed E-state index contributed by atoms with van der Waals surface area (Å²) in [5, 5.41) is 0. The van der Waals surface area contributed by atoms with E-state index in [0.717, 1.165) is 0 Å². The summed E-state index contributed by atoms with van der Waals surface area (Å²) in [6.07, 6.45) is -0.936. The van der Waals surface area contributed by atoms with Crippen LogP contribution in [0, 0.1) is 13.8 Å². The Morgan fingerprint density at radius 2 is 1.72 bits per heavy atom. The highest BCUT2D eigenvalue weighted by atomic mass is 16.5. The van der Waals surface area contributed by atoms with Crippen molar-refractivity contribution in [2.75, 3.05) is 6.61 Å². The number of carbonyl (C=O) groups excluding carboxylic acids is 3. The number of hydrogen-bond donors (Lipinski definition) is 1. The van der Waals surface area contributed by atoms with Crippen LogP contribution in [0.5, 0.6) is 0 Å². The maximum atomic E-state index is 12.5. The lowest BCUT2D eigenvalue weighted by Gasteiger charge is -2.12. The van der Waals surface area contributed by atoms with Gasteiger partial charge < -0.3 is 14.5 Å². The Balaban J connectivity index is 2.18. The van der Waals surface area contributed by atoms with Crippen molar-refractivity contribution in [3.63, 3.8) is 0 Å². The summed E-state index contributed by atoms with van der Waals surface area (Å²) >= 11 is 0. The first-order valence-corrected chi connectivity index (χ1v) is 8.03. The third-order valence-corrected chi connectivity index (χ3v) is 3.83. The van der Waals surface area contributed by atoms with Gasteiger partial charge in [0.25, 0.3) is 0 Å². The van der Waals surface area contributed by atoms with Gasteiger partial charge in [-0.25, -0.2) is 9.59 Å². The molecule has 1 aromatic heterocycles. The standard InChI is InChI=1S/C19H21NO5/c1-5-24-19(23)16-11(2)15(12(3)20-16)18(22)25-13(4)17(21)14-9-7-6-8-10-14/h6-10,13,20H,5H2,1-4H3. The van der Waals surface area contributed by atoms with Crippen LogP contribution >= 0.6 is 0 Å². The van der Waals surface area contributed by atoms with E-state index in [9.17, 15) is 14.4 Å². The smallest absolute Gasteiger partial charge is 0.355 e. The lowest BCUT2D eigenvalue weighted by atomic mass is 10.1. The zero-order valence-corrected chi connectivity index (χ0v) is 14.7. The number of aryl methyl sites for hydroxylation is 1. The fraction of sp³-hybridized carbons (Fsp3) is 0.316. The molecule has 132 valence electrons. The Labute approximate surface area is 146 Å². The van der Waals surface area contributed by atoms with E-state index >= 15 is 0 Å². The van der Waals surface area contributed by atoms with Gasteiger partial charge in [-0.05, 0) is 33.3 Å². The van der Waals surface area contributed by atoms with Crippen molar-refractivity contribution in [1.82, 2.24) is 4.98 Å². The molecule has 1 unspecified atom stereocenters. The van der Waals surface area contributed by atoms with Crippen LogP contribution < -0.4 is 0 Å². The third kappa shape index (κ3) is 3.96. The molecule has 0 aliphatic carbocycles. The van der Waals surface area contributed by atoms with E-state index in [2.05, 4.69) is 4.98 Å². The molecule has 0 saturated heterocycles. The molecule has 25 heavy (non-hydrogen) atoms. The van der Waals surface area contributed by atoms with E-state index in [0.29, 0.717) is 16.8 Å². The van der Waals surface area contributed by atoms with Crippen LogP contribution in [0.1, 0.15) is 56.3 Å². The molecule has 2 aromatic rings. The number of esters is 2. The van der Waals surface area contributed by atoms with Gasteiger partial charge in [-0.15, -0.1) is 0 Å². The van der Waals surface area contributed by atoms with E-state index in [1.165, 1.54) is 6.92 Å². The Morgan fingerprint density at radius 3 is 2.32 bits per heavy atom. The molecule has 1 heterocycles. The van der Waals surface area contributed by atoms with Crippen LogP contribution in [0.2, 0.25) is 0 Å². The van der Waals surface area contributed by atoms with Crippen molar-refractivity contribution in [2.24, 2.45) is 0 Å². The highest BCUT2D eigenvalue weighted by molar-refractivity contribution is 6.03. The first-order valence-electron chi connectivity index (χ1n) is 8.03. The minimum atomic E-state index is -0.936. The van der Waals surface area contributed by atoms with Gasteiger partial charge in [-0.2, -0.15) is 0 Å². The molecule has 1 aromatic carbocycles. The Morgan fingerprint density at radius 1 is 1.08 bits per heavy atom. The first kappa shape index (κ1) is 18.4. The predicted octanol–water partition coefficient (Wildman–Crippen LogP) is 3.24. The molecule has 0 fully saturated rings. The first-order chi connectivity index (χ1) is 11.9. The number of H-pyrrole nitrogens is 1. The highest BCUT2D eigenvalue weighted by Gasteiger charge is 2.26. The van der Waals surface area contributed by atoms with E-state index < -0.39 is 18.0 Å². The van der Waals surface area contributed by atoms with E-state index in [1.54, 1.807) is 51.1 Å². The summed E-state index contributed by atoms with van der Waals surface area (Å²) in [6.45, 7) is 6.76. The monoisotopic (exact) mass is 343 g/mol. The van der Waals surface area contributed by atoms with Gasteiger partial charge in [0, 0.05) is 11.3 Å². The molecule has 6 nitrogen and oxygen atoms in total. The number of Topliss-reactive ketones (excluding diaryl/α,β-unsaturated/α-hetero) is 1. The second-order valence-corrected chi connectivity index (χ2v) is 5.62. The molecule has 0 saturated carbocycles. The molecule has 0 spiro atoms. The van der Waals surface area contributed by atoms with Gasteiger partial charge in [-0.3, -0.25) is 4.79 Å². The van der Waals surface area contributed by atoms with Crippen molar-refractivity contribution in [1.29, 1.82) is 0 Å². The topological polar surface area (TPSA) is 85.5 Å². The molecule has 0 amide bonds. The average Bonchev–Trinajstić information content (AvgIpc) is 2.89. The lowest BCUT2D eigenvalue weighted by molar-refractivity contribution is 0.0317. The largest absolute Gasteiger partial charge is 0.461 e. The fourth-order valence-corrected chi connectivity index (χ4v) is 2.57. The van der Waals surface area contributed by atoms with E-state index in [1.807, 2.05) is 0 Å². The van der Waals surface area contributed by atoms with Crippen molar-refractivity contribution < 1.29 is 23.9 Å². The minimum absolute atomic E-state index is 0.216. The fourth-order valence-electron chi connectivity index (χ4n) is 2.57. The summed E-state index contributed by atoms with van der Waals surface area (Å²) in [5.41, 5.74) is 1.87. The number of nitrogens with one attached hydrogen (secondary N) is 1. The van der Waals surface area contributed by atoms with Gasteiger partial charge in [0.1, 0.15) is 5.69 Å². The number of aromatic nitrogens is 1. The zero-order chi connectivity index (χ0) is 18.6. The number of ketones is 1. The normalized spacial score (nSPS) is 11.7. The van der Waals surface area contributed by atoms with E-state index in [4.69, 9.17) is 9.47 Å². The summed E-state index contributed by atoms with van der Waals surface area (Å²) < 4.78 is 10.3. The average molecular weight is 343 g/mol. The summed E-state index contributed by atoms with van der Waals surface area (Å²) in [5.74, 6) is -1.47. The Kier molecular flexibility index (Phi) is 5.75. The summed E-state index contributed by atoms with van der Waals surface area (Å²) in [4.78, 5) is 39.6. The van der Waals surface area contributed by atoms with Crippen LogP contribution in [-0.2, 0) is 9.47 Å². The van der Waals surface area contributed by atoms with Crippen LogP contribution in [0.4, 0.5) is 0 Å². The molecular formula is C19H21NO5. The zero-order valence-electron chi connectivity index (χ0n) is 14.7. The van der Waals surface area contributed by atoms with Crippen LogP contribution in [0.25, 0.3) is 0 Å². The number of rotatable bonds is 6. The lowest BCUT2D eigenvalue weighted by Crippen LogP contribution is -2.25. The van der Waals surface area contributed by atoms with E-state index in [-0.39, 0.29) is 23.6 Å². The molecule has 0 bridgehead atoms. The van der Waals surface area contributed by atoms with Gasteiger partial charge in [0.2, 0.25) is 5.78 Å². The number of carbonyl (C=O) groups is 3. The number of ether oxygens (including phenoxy) is 2. The second-order valence-electron chi connectivity index (χ2n) is 5.62. The number of aromatic amines is 1. The molecule has 0 aliphatic heterocycles. The van der Waals surface area contributed by atoms with Crippen molar-refractivity contribution in [3.05, 3.63) is 58.4 Å². The van der Waals surface area contributed by atoms with Gasteiger partial charge in [-0.1, -0.05) is 30.3 Å². The number of hydrogen-bond acceptors (Lipinski definition) is 5. The van der Waals surface area contributed by atoms with Crippen LogP contribution in [0.3, 0.4) is 0 Å². The molecule has 2 rings (SSSR count). The van der Waals surface area contributed by atoms with Crippen LogP contribution in [0.15, 0.2) is 30.3 Å². The SMILES string of the molecule is CCOC(=O)c1[nH]c(C)c(C(=O)OC(C)C(=O)c2ccccc2)c1C. The molecule has 0 aliphatic rings. The van der Waals surface area contributed by atoms with Gasteiger partial charge in [0.15, 0.2) is 6.10 Å². The second kappa shape index (κ2) is 7.79. The third-order valence-electron chi connectivity index (χ3n) is 3.83. The van der Waals surface area contributed by atoms with Gasteiger partial charge in [0.05, 0.1) is 12.2 Å². The Hall–Kier alpha value is -2.89. The summed E-state index contributed by atoms with van der Waals surface area (Å²) in [6, 6.07) is 8.62. The van der Waals surface area contributed by atoms with Crippen molar-refractivity contribution >= 4 is 17.7 Å². The molecule has 1 N–H and O–H groups in total. The molecule has 6 heteroatoms.